The summed E-state index contributed by atoms with van der Waals surface area (Å²) >= 11 is 4.98. The molecular weight excluding hydrogens is 393 g/mol. The van der Waals surface area contributed by atoms with Crippen molar-refractivity contribution >= 4 is 28.9 Å². The first kappa shape index (κ1) is 21.5. The standard InChI is InChI=1S/C18H19F3N4O2S/c1-2-3-4-7-27-15-6-5-13(8-14(15)18(19,20)21)24-17(28)25-16(26)12-9-22-11-23-10-12/h5-6,8-11H,2-4,7H2,1H3,(H2,24,25,26,28). The molecule has 0 bridgehead atoms. The van der Waals surface area contributed by atoms with Crippen molar-refractivity contribution in [3.8, 4) is 5.75 Å². The van der Waals surface area contributed by atoms with Gasteiger partial charge in [0.2, 0.25) is 0 Å². The molecule has 0 aliphatic rings. The normalized spacial score (nSPS) is 11.0. The highest BCUT2D eigenvalue weighted by Gasteiger charge is 2.34. The molecular formula is C18H19F3N4O2S. The number of thiocarbonyl (C=S) groups is 1. The Hall–Kier alpha value is -2.75. The molecule has 1 heterocycles. The highest BCUT2D eigenvalue weighted by Crippen LogP contribution is 2.38. The first-order valence-electron chi connectivity index (χ1n) is 8.52. The van der Waals surface area contributed by atoms with Crippen molar-refractivity contribution in [1.82, 2.24) is 15.3 Å². The molecule has 0 atom stereocenters. The minimum atomic E-state index is -4.59. The summed E-state index contributed by atoms with van der Waals surface area (Å²) in [7, 11) is 0. The number of nitrogens with one attached hydrogen (secondary N) is 2. The lowest BCUT2D eigenvalue weighted by Crippen LogP contribution is -2.34. The van der Waals surface area contributed by atoms with Gasteiger partial charge < -0.3 is 10.1 Å². The maximum atomic E-state index is 13.3. The number of carbonyl (C=O) groups is 1. The Bertz CT molecular complexity index is 816. The number of nitrogens with zero attached hydrogens (tertiary/aromatic N) is 2. The molecule has 0 fully saturated rings. The van der Waals surface area contributed by atoms with E-state index in [1.165, 1.54) is 30.9 Å². The Balaban J connectivity index is 2.06. The van der Waals surface area contributed by atoms with Gasteiger partial charge in [-0.05, 0) is 36.8 Å². The van der Waals surface area contributed by atoms with Crippen LogP contribution in [0.2, 0.25) is 0 Å². The molecule has 0 saturated carbocycles. The molecule has 6 nitrogen and oxygen atoms in total. The van der Waals surface area contributed by atoms with Gasteiger partial charge in [0.15, 0.2) is 5.11 Å². The molecule has 2 aromatic rings. The van der Waals surface area contributed by atoms with E-state index in [0.29, 0.717) is 6.42 Å². The number of halogens is 3. The SMILES string of the molecule is CCCCCOc1ccc(NC(=S)NC(=O)c2cncnc2)cc1C(F)(F)F. The Kier molecular flexibility index (Phi) is 7.68. The van der Waals surface area contributed by atoms with E-state index in [0.717, 1.165) is 18.9 Å². The number of anilines is 1. The molecule has 0 aliphatic heterocycles. The Labute approximate surface area is 165 Å². The lowest BCUT2D eigenvalue weighted by atomic mass is 10.1. The van der Waals surface area contributed by atoms with Gasteiger partial charge in [-0.15, -0.1) is 0 Å². The van der Waals surface area contributed by atoms with Gasteiger partial charge in [-0.3, -0.25) is 10.1 Å². The monoisotopic (exact) mass is 412 g/mol. The highest BCUT2D eigenvalue weighted by molar-refractivity contribution is 7.80. The van der Waals surface area contributed by atoms with Crippen molar-refractivity contribution in [2.75, 3.05) is 11.9 Å². The van der Waals surface area contributed by atoms with Crippen molar-refractivity contribution in [2.24, 2.45) is 0 Å². The van der Waals surface area contributed by atoms with E-state index in [9.17, 15) is 18.0 Å². The molecule has 0 spiro atoms. The van der Waals surface area contributed by atoms with Crippen LogP contribution in [0.1, 0.15) is 42.1 Å². The summed E-state index contributed by atoms with van der Waals surface area (Å²) in [5.74, 6) is -0.824. The van der Waals surface area contributed by atoms with Gasteiger partial charge >= 0.3 is 6.18 Å². The molecule has 28 heavy (non-hydrogen) atoms. The average Bonchev–Trinajstić information content (AvgIpc) is 2.66. The second kappa shape index (κ2) is 9.98. The van der Waals surface area contributed by atoms with Crippen molar-refractivity contribution in [2.45, 2.75) is 32.4 Å². The molecule has 2 rings (SSSR count). The molecule has 10 heteroatoms. The minimum Gasteiger partial charge on any atom is -0.493 e. The number of unbranched alkanes of at least 4 members (excludes halogenated alkanes) is 2. The van der Waals surface area contributed by atoms with Gasteiger partial charge in [0.1, 0.15) is 12.1 Å². The summed E-state index contributed by atoms with van der Waals surface area (Å²) < 4.78 is 45.3. The number of ether oxygens (including phenoxy) is 1. The summed E-state index contributed by atoms with van der Waals surface area (Å²) in [5.41, 5.74) is -0.680. The fourth-order valence-corrected chi connectivity index (χ4v) is 2.45. The predicted octanol–water partition coefficient (Wildman–Crippen LogP) is 4.19. The summed E-state index contributed by atoms with van der Waals surface area (Å²) in [6, 6.07) is 3.51. The number of alkyl halides is 3. The number of hydrogen-bond acceptors (Lipinski definition) is 5. The average molecular weight is 412 g/mol. The van der Waals surface area contributed by atoms with E-state index >= 15 is 0 Å². The van der Waals surface area contributed by atoms with Crippen LogP contribution in [0.15, 0.2) is 36.9 Å². The first-order chi connectivity index (χ1) is 13.3. The zero-order chi connectivity index (χ0) is 20.6. The van der Waals surface area contributed by atoms with E-state index in [-0.39, 0.29) is 28.7 Å². The topological polar surface area (TPSA) is 76.1 Å². The third-order valence-corrected chi connectivity index (χ3v) is 3.80. The van der Waals surface area contributed by atoms with Crippen LogP contribution in [0.5, 0.6) is 5.75 Å². The molecule has 150 valence electrons. The summed E-state index contributed by atoms with van der Waals surface area (Å²) in [6.45, 7) is 2.20. The van der Waals surface area contributed by atoms with Crippen LogP contribution < -0.4 is 15.4 Å². The van der Waals surface area contributed by atoms with Gasteiger partial charge in [-0.2, -0.15) is 13.2 Å². The fourth-order valence-electron chi connectivity index (χ4n) is 2.24. The first-order valence-corrected chi connectivity index (χ1v) is 8.93. The molecule has 0 unspecified atom stereocenters. The lowest BCUT2D eigenvalue weighted by Gasteiger charge is -2.16. The van der Waals surface area contributed by atoms with E-state index in [1.807, 2.05) is 6.92 Å². The third kappa shape index (κ3) is 6.45. The molecule has 1 aromatic heterocycles. The van der Waals surface area contributed by atoms with E-state index in [4.69, 9.17) is 17.0 Å². The van der Waals surface area contributed by atoms with Gasteiger partial charge in [0.25, 0.3) is 5.91 Å². The van der Waals surface area contributed by atoms with E-state index in [1.54, 1.807) is 0 Å². The van der Waals surface area contributed by atoms with Crippen molar-refractivity contribution in [3.63, 3.8) is 0 Å². The molecule has 0 radical (unpaired) electrons. The van der Waals surface area contributed by atoms with Crippen LogP contribution in [-0.2, 0) is 6.18 Å². The van der Waals surface area contributed by atoms with Gasteiger partial charge in [-0.25, -0.2) is 9.97 Å². The molecule has 1 amide bonds. The van der Waals surface area contributed by atoms with Gasteiger partial charge in [0.05, 0.1) is 17.7 Å². The number of benzene rings is 1. The largest absolute Gasteiger partial charge is 0.493 e. The second-order valence-corrected chi connectivity index (χ2v) is 6.21. The van der Waals surface area contributed by atoms with Gasteiger partial charge in [0, 0.05) is 18.1 Å². The second-order valence-electron chi connectivity index (χ2n) is 5.80. The Morgan fingerprint density at radius 2 is 1.93 bits per heavy atom. The van der Waals surface area contributed by atoms with Gasteiger partial charge in [-0.1, -0.05) is 19.8 Å². The molecule has 1 aromatic carbocycles. The third-order valence-electron chi connectivity index (χ3n) is 3.60. The summed E-state index contributed by atoms with van der Waals surface area (Å²) in [5, 5.41) is 4.76. The van der Waals surface area contributed by atoms with Crippen LogP contribution in [0, 0.1) is 0 Å². The number of amides is 1. The van der Waals surface area contributed by atoms with E-state index < -0.39 is 17.6 Å². The Morgan fingerprint density at radius 1 is 1.21 bits per heavy atom. The van der Waals surface area contributed by atoms with Crippen LogP contribution in [-0.4, -0.2) is 27.6 Å². The molecule has 0 saturated heterocycles. The number of rotatable bonds is 7. The molecule has 2 N–H and O–H groups in total. The summed E-state index contributed by atoms with van der Waals surface area (Å²) in [4.78, 5) is 19.4. The maximum absolute atomic E-state index is 13.3. The number of aromatic nitrogens is 2. The molecule has 0 aliphatic carbocycles. The zero-order valence-electron chi connectivity index (χ0n) is 15.0. The quantitative estimate of drug-likeness (QED) is 0.525. The van der Waals surface area contributed by atoms with Crippen LogP contribution in [0.25, 0.3) is 0 Å². The van der Waals surface area contributed by atoms with Crippen molar-refractivity contribution in [3.05, 3.63) is 48.0 Å². The van der Waals surface area contributed by atoms with Crippen molar-refractivity contribution < 1.29 is 22.7 Å². The number of hydrogen-bond donors (Lipinski definition) is 2. The number of carbonyl (C=O) groups excluding carboxylic acids is 1. The summed E-state index contributed by atoms with van der Waals surface area (Å²) in [6.07, 6.45) is 1.74. The Morgan fingerprint density at radius 3 is 2.57 bits per heavy atom. The van der Waals surface area contributed by atoms with Crippen LogP contribution >= 0.6 is 12.2 Å². The predicted molar refractivity (Wildman–Crippen MR) is 102 cm³/mol. The minimum absolute atomic E-state index is 0.0721. The lowest BCUT2D eigenvalue weighted by molar-refractivity contribution is -0.138. The fraction of sp³-hybridized carbons (Fsp3) is 0.333. The zero-order valence-corrected chi connectivity index (χ0v) is 15.9. The maximum Gasteiger partial charge on any atom is 0.420 e. The van der Waals surface area contributed by atoms with Crippen LogP contribution in [0.3, 0.4) is 0 Å². The van der Waals surface area contributed by atoms with E-state index in [2.05, 4.69) is 20.6 Å². The van der Waals surface area contributed by atoms with Crippen molar-refractivity contribution in [1.29, 1.82) is 0 Å². The highest BCUT2D eigenvalue weighted by atomic mass is 32.1. The smallest absolute Gasteiger partial charge is 0.420 e. The van der Waals surface area contributed by atoms with Crippen LogP contribution in [0.4, 0.5) is 18.9 Å².